The smallest absolute Gasteiger partial charge is 0.241 e. The summed E-state index contributed by atoms with van der Waals surface area (Å²) in [6.07, 6.45) is 1.95. The van der Waals surface area contributed by atoms with E-state index in [1.807, 2.05) is 22.9 Å². The number of hydrogen-bond donors (Lipinski definition) is 1. The van der Waals surface area contributed by atoms with Crippen LogP contribution in [0.5, 0.6) is 0 Å². The molecule has 0 atom stereocenters. The number of nitrogens with one attached hydrogen (secondary N) is 1. The first kappa shape index (κ1) is 13.8. The van der Waals surface area contributed by atoms with Gasteiger partial charge in [-0.25, -0.2) is 0 Å². The Labute approximate surface area is 104 Å². The zero-order chi connectivity index (χ0) is 13.1. The van der Waals surface area contributed by atoms with Crippen molar-refractivity contribution in [3.05, 3.63) is 24.0 Å². The number of aromatic nitrogens is 1. The molecule has 1 aromatic heterocycles. The molecule has 0 aliphatic carbocycles. The van der Waals surface area contributed by atoms with Crippen LogP contribution in [0, 0.1) is 0 Å². The van der Waals surface area contributed by atoms with Crippen LogP contribution in [-0.2, 0) is 17.9 Å². The lowest BCUT2D eigenvalue weighted by molar-refractivity contribution is -0.129. The van der Waals surface area contributed by atoms with Gasteiger partial charge in [0.25, 0.3) is 0 Å². The van der Waals surface area contributed by atoms with E-state index in [4.69, 9.17) is 0 Å². The minimum absolute atomic E-state index is 0.0840. The number of rotatable bonds is 4. The summed E-state index contributed by atoms with van der Waals surface area (Å²) in [4.78, 5) is 13.3. The van der Waals surface area contributed by atoms with E-state index in [1.165, 1.54) is 0 Å². The van der Waals surface area contributed by atoms with Crippen LogP contribution in [-0.4, -0.2) is 35.0 Å². The molecular weight excluding hydrogens is 214 g/mol. The molecule has 1 amide bonds. The Bertz CT molecular complexity index is 374. The van der Waals surface area contributed by atoms with Crippen LogP contribution in [0.1, 0.15) is 26.5 Å². The lowest BCUT2D eigenvalue weighted by atomic mass is 10.1. The Hall–Kier alpha value is -1.29. The van der Waals surface area contributed by atoms with E-state index >= 15 is 0 Å². The van der Waals surface area contributed by atoms with Gasteiger partial charge in [-0.15, -0.1) is 0 Å². The van der Waals surface area contributed by atoms with Gasteiger partial charge in [-0.1, -0.05) is 0 Å². The molecule has 0 unspecified atom stereocenters. The molecule has 0 fully saturated rings. The molecule has 4 nitrogen and oxygen atoms in total. The van der Waals surface area contributed by atoms with Gasteiger partial charge in [0.15, 0.2) is 0 Å². The van der Waals surface area contributed by atoms with Crippen LogP contribution >= 0.6 is 0 Å². The predicted octanol–water partition coefficient (Wildman–Crippen LogP) is 1.46. The quantitative estimate of drug-likeness (QED) is 0.861. The van der Waals surface area contributed by atoms with E-state index in [0.717, 1.165) is 12.2 Å². The Kier molecular flexibility index (Phi) is 4.34. The molecule has 0 bridgehead atoms. The highest BCUT2D eigenvalue weighted by atomic mass is 16.2. The minimum atomic E-state index is 0.0840. The van der Waals surface area contributed by atoms with Gasteiger partial charge in [0.2, 0.25) is 5.91 Å². The summed E-state index contributed by atoms with van der Waals surface area (Å²) >= 11 is 0. The van der Waals surface area contributed by atoms with Gasteiger partial charge in [-0.05, 0) is 32.9 Å². The third-order valence-electron chi connectivity index (χ3n) is 2.53. The Balaban J connectivity index is 2.63. The Morgan fingerprint density at radius 1 is 1.41 bits per heavy atom. The monoisotopic (exact) mass is 237 g/mol. The molecule has 0 aliphatic rings. The maximum absolute atomic E-state index is 11.6. The van der Waals surface area contributed by atoms with E-state index in [0.29, 0.717) is 6.54 Å². The molecule has 4 heteroatoms. The predicted molar refractivity (Wildman–Crippen MR) is 69.7 cm³/mol. The first-order valence-electron chi connectivity index (χ1n) is 5.89. The van der Waals surface area contributed by atoms with Crippen LogP contribution in [0.4, 0.5) is 0 Å². The Morgan fingerprint density at radius 2 is 2.06 bits per heavy atom. The summed E-state index contributed by atoms with van der Waals surface area (Å²) in [5.41, 5.74) is 1.22. The third-order valence-corrected chi connectivity index (χ3v) is 2.53. The first-order chi connectivity index (χ1) is 7.79. The van der Waals surface area contributed by atoms with E-state index in [9.17, 15) is 4.79 Å². The summed E-state index contributed by atoms with van der Waals surface area (Å²) in [5.74, 6) is 0.109. The lowest BCUT2D eigenvalue weighted by Gasteiger charge is -2.21. The highest BCUT2D eigenvalue weighted by Gasteiger charge is 2.11. The van der Waals surface area contributed by atoms with Gasteiger partial charge in [-0.3, -0.25) is 4.79 Å². The van der Waals surface area contributed by atoms with E-state index in [2.05, 4.69) is 26.1 Å². The molecule has 0 aromatic carbocycles. The molecule has 0 saturated heterocycles. The molecule has 17 heavy (non-hydrogen) atoms. The molecule has 1 heterocycles. The SMILES string of the molecule is CN(C)C(=O)Cn1cccc1CNC(C)(C)C. The van der Waals surface area contributed by atoms with Crippen molar-refractivity contribution >= 4 is 5.91 Å². The molecule has 1 aromatic rings. The number of hydrogen-bond acceptors (Lipinski definition) is 2. The molecule has 96 valence electrons. The second-order valence-corrected chi connectivity index (χ2v) is 5.52. The normalized spacial score (nSPS) is 11.6. The van der Waals surface area contributed by atoms with Crippen molar-refractivity contribution in [3.63, 3.8) is 0 Å². The van der Waals surface area contributed by atoms with Gasteiger partial charge < -0.3 is 14.8 Å². The Morgan fingerprint density at radius 3 is 2.59 bits per heavy atom. The minimum Gasteiger partial charge on any atom is -0.347 e. The van der Waals surface area contributed by atoms with Crippen molar-refractivity contribution in [1.29, 1.82) is 0 Å². The van der Waals surface area contributed by atoms with Crippen molar-refractivity contribution in [3.8, 4) is 0 Å². The molecule has 0 aliphatic heterocycles. The summed E-state index contributed by atoms with van der Waals surface area (Å²) in [7, 11) is 3.55. The maximum atomic E-state index is 11.6. The highest BCUT2D eigenvalue weighted by Crippen LogP contribution is 2.06. The average Bonchev–Trinajstić information content (AvgIpc) is 2.61. The second-order valence-electron chi connectivity index (χ2n) is 5.52. The number of likely N-dealkylation sites (N-methyl/N-ethyl adjacent to an activating group) is 1. The van der Waals surface area contributed by atoms with Crippen molar-refractivity contribution in [1.82, 2.24) is 14.8 Å². The van der Waals surface area contributed by atoms with Gasteiger partial charge in [0.05, 0.1) is 0 Å². The van der Waals surface area contributed by atoms with Crippen LogP contribution in [0.2, 0.25) is 0 Å². The van der Waals surface area contributed by atoms with Crippen LogP contribution in [0.25, 0.3) is 0 Å². The molecule has 0 radical (unpaired) electrons. The van der Waals surface area contributed by atoms with Gasteiger partial charge >= 0.3 is 0 Å². The number of carbonyl (C=O) groups is 1. The number of nitrogens with zero attached hydrogens (tertiary/aromatic N) is 2. The highest BCUT2D eigenvalue weighted by molar-refractivity contribution is 5.75. The van der Waals surface area contributed by atoms with Crippen molar-refractivity contribution in [2.24, 2.45) is 0 Å². The van der Waals surface area contributed by atoms with Gasteiger partial charge in [-0.2, -0.15) is 0 Å². The van der Waals surface area contributed by atoms with Gasteiger partial charge in [0.1, 0.15) is 6.54 Å². The summed E-state index contributed by atoms with van der Waals surface area (Å²) in [6.45, 7) is 7.57. The molecule has 0 saturated carbocycles. The van der Waals surface area contributed by atoms with Gasteiger partial charge in [0, 0.05) is 38.1 Å². The largest absolute Gasteiger partial charge is 0.347 e. The number of amides is 1. The maximum Gasteiger partial charge on any atom is 0.241 e. The van der Waals surface area contributed by atoms with E-state index < -0.39 is 0 Å². The van der Waals surface area contributed by atoms with Crippen molar-refractivity contribution in [2.75, 3.05) is 14.1 Å². The van der Waals surface area contributed by atoms with Crippen LogP contribution in [0.3, 0.4) is 0 Å². The summed E-state index contributed by atoms with van der Waals surface area (Å²) in [6, 6.07) is 4.02. The van der Waals surface area contributed by atoms with Crippen LogP contribution in [0.15, 0.2) is 18.3 Å². The number of carbonyl (C=O) groups excluding carboxylic acids is 1. The fraction of sp³-hybridized carbons (Fsp3) is 0.615. The molecule has 0 spiro atoms. The van der Waals surface area contributed by atoms with Crippen molar-refractivity contribution < 1.29 is 4.79 Å². The van der Waals surface area contributed by atoms with E-state index in [-0.39, 0.29) is 11.4 Å². The molecule has 1 rings (SSSR count). The fourth-order valence-electron chi connectivity index (χ4n) is 1.41. The average molecular weight is 237 g/mol. The zero-order valence-electron chi connectivity index (χ0n) is 11.4. The second kappa shape index (κ2) is 5.36. The molecular formula is C13H23N3O. The summed E-state index contributed by atoms with van der Waals surface area (Å²) in [5, 5.41) is 3.42. The molecule has 1 N–H and O–H groups in total. The van der Waals surface area contributed by atoms with Crippen molar-refractivity contribution in [2.45, 2.75) is 39.4 Å². The first-order valence-corrected chi connectivity index (χ1v) is 5.89. The standard InChI is InChI=1S/C13H23N3O/c1-13(2,3)14-9-11-7-6-8-16(11)10-12(17)15(4)5/h6-8,14H,9-10H2,1-5H3. The lowest BCUT2D eigenvalue weighted by Crippen LogP contribution is -2.36. The third kappa shape index (κ3) is 4.61. The van der Waals surface area contributed by atoms with E-state index in [1.54, 1.807) is 19.0 Å². The topological polar surface area (TPSA) is 37.3 Å². The van der Waals surface area contributed by atoms with Crippen LogP contribution < -0.4 is 5.32 Å². The summed E-state index contributed by atoms with van der Waals surface area (Å²) < 4.78 is 1.99. The zero-order valence-corrected chi connectivity index (χ0v) is 11.4. The fourth-order valence-corrected chi connectivity index (χ4v) is 1.41.